The standard InChI is InChI=1S/C22H25N3O6/c1-13(2)20(24-21(26)14-5-7-18-19(10-14)31-12-30-18)22(27)25-23-11-15-9-16(28-3)6-8-17(15)29-4/h5-11,13,20H,12H2,1-4H3,(H,24,26)(H,25,27). The minimum atomic E-state index is -0.790. The van der Waals surface area contributed by atoms with Gasteiger partial charge in [-0.2, -0.15) is 5.10 Å². The molecule has 0 fully saturated rings. The van der Waals surface area contributed by atoms with Gasteiger partial charge in [-0.25, -0.2) is 5.43 Å². The molecule has 1 aliphatic heterocycles. The van der Waals surface area contributed by atoms with Crippen LogP contribution < -0.4 is 29.7 Å². The molecule has 0 bridgehead atoms. The van der Waals surface area contributed by atoms with E-state index < -0.39 is 17.9 Å². The minimum absolute atomic E-state index is 0.119. The van der Waals surface area contributed by atoms with Gasteiger partial charge >= 0.3 is 0 Å². The van der Waals surface area contributed by atoms with E-state index in [1.165, 1.54) is 13.3 Å². The van der Waals surface area contributed by atoms with Crippen molar-refractivity contribution in [1.29, 1.82) is 0 Å². The maximum Gasteiger partial charge on any atom is 0.262 e. The lowest BCUT2D eigenvalue weighted by Gasteiger charge is -2.20. The van der Waals surface area contributed by atoms with E-state index in [9.17, 15) is 9.59 Å². The SMILES string of the molecule is COc1ccc(OC)c(C=NNC(=O)C(NC(=O)c2ccc3c(c2)OCO3)C(C)C)c1. The average molecular weight is 427 g/mol. The summed E-state index contributed by atoms with van der Waals surface area (Å²) in [5.41, 5.74) is 3.47. The predicted molar refractivity (Wildman–Crippen MR) is 114 cm³/mol. The first-order chi connectivity index (χ1) is 14.9. The van der Waals surface area contributed by atoms with Crippen LogP contribution in [0.2, 0.25) is 0 Å². The van der Waals surface area contributed by atoms with Gasteiger partial charge in [0.2, 0.25) is 6.79 Å². The van der Waals surface area contributed by atoms with Gasteiger partial charge in [0, 0.05) is 11.1 Å². The fourth-order valence-corrected chi connectivity index (χ4v) is 2.97. The van der Waals surface area contributed by atoms with E-state index in [-0.39, 0.29) is 12.7 Å². The van der Waals surface area contributed by atoms with Crippen LogP contribution in [0, 0.1) is 5.92 Å². The van der Waals surface area contributed by atoms with Gasteiger partial charge in [0.05, 0.1) is 20.4 Å². The lowest BCUT2D eigenvalue weighted by molar-refractivity contribution is -0.123. The molecule has 2 amide bonds. The van der Waals surface area contributed by atoms with Crippen molar-refractivity contribution in [3.8, 4) is 23.0 Å². The highest BCUT2D eigenvalue weighted by atomic mass is 16.7. The maximum atomic E-state index is 12.7. The highest BCUT2D eigenvalue weighted by molar-refractivity contribution is 5.98. The zero-order valence-electron chi connectivity index (χ0n) is 17.8. The number of amides is 2. The van der Waals surface area contributed by atoms with Crippen molar-refractivity contribution in [2.45, 2.75) is 19.9 Å². The molecule has 2 aromatic carbocycles. The van der Waals surface area contributed by atoms with E-state index in [4.69, 9.17) is 18.9 Å². The molecule has 1 aliphatic rings. The summed E-state index contributed by atoms with van der Waals surface area (Å²) >= 11 is 0. The van der Waals surface area contributed by atoms with E-state index in [2.05, 4.69) is 15.8 Å². The smallest absolute Gasteiger partial charge is 0.262 e. The van der Waals surface area contributed by atoms with Crippen molar-refractivity contribution in [2.75, 3.05) is 21.0 Å². The molecule has 0 radical (unpaired) electrons. The van der Waals surface area contributed by atoms with Gasteiger partial charge in [0.1, 0.15) is 17.5 Å². The summed E-state index contributed by atoms with van der Waals surface area (Å²) in [5.74, 6) is 1.28. The molecule has 1 atom stereocenters. The normalized spacial score (nSPS) is 13.2. The van der Waals surface area contributed by atoms with Gasteiger partial charge < -0.3 is 24.3 Å². The summed E-state index contributed by atoms with van der Waals surface area (Å²) in [5, 5.41) is 6.76. The number of ether oxygens (including phenoxy) is 4. The third kappa shape index (κ3) is 5.25. The van der Waals surface area contributed by atoms with Crippen LogP contribution in [0.5, 0.6) is 23.0 Å². The number of benzene rings is 2. The molecule has 0 aliphatic carbocycles. The number of hydrogen-bond donors (Lipinski definition) is 2. The topological polar surface area (TPSA) is 107 Å². The summed E-state index contributed by atoms with van der Waals surface area (Å²) in [6.45, 7) is 3.78. The van der Waals surface area contributed by atoms with Crippen LogP contribution in [0.25, 0.3) is 0 Å². The molecule has 0 saturated carbocycles. The van der Waals surface area contributed by atoms with Crippen LogP contribution >= 0.6 is 0 Å². The van der Waals surface area contributed by atoms with Crippen LogP contribution in [-0.2, 0) is 4.79 Å². The van der Waals surface area contributed by atoms with Gasteiger partial charge in [0.15, 0.2) is 11.5 Å². The molecular formula is C22H25N3O6. The fraction of sp³-hybridized carbons (Fsp3) is 0.318. The van der Waals surface area contributed by atoms with Crippen molar-refractivity contribution < 1.29 is 28.5 Å². The Labute approximate surface area is 180 Å². The second kappa shape index (κ2) is 9.84. The Kier molecular flexibility index (Phi) is 6.96. The molecule has 31 heavy (non-hydrogen) atoms. The number of carbonyl (C=O) groups excluding carboxylic acids is 2. The van der Waals surface area contributed by atoms with Gasteiger partial charge in [-0.1, -0.05) is 13.8 Å². The molecule has 0 aromatic heterocycles. The number of fused-ring (bicyclic) bond motifs is 1. The average Bonchev–Trinajstić information content (AvgIpc) is 3.24. The molecular weight excluding hydrogens is 402 g/mol. The third-order valence-electron chi connectivity index (χ3n) is 4.69. The van der Waals surface area contributed by atoms with E-state index in [0.717, 1.165) is 0 Å². The van der Waals surface area contributed by atoms with Gasteiger partial charge in [-0.3, -0.25) is 9.59 Å². The number of nitrogens with zero attached hydrogens (tertiary/aromatic N) is 1. The summed E-state index contributed by atoms with van der Waals surface area (Å²) in [7, 11) is 3.10. The molecule has 0 spiro atoms. The van der Waals surface area contributed by atoms with Crippen molar-refractivity contribution in [2.24, 2.45) is 11.0 Å². The second-order valence-corrected chi connectivity index (χ2v) is 7.11. The number of nitrogens with one attached hydrogen (secondary N) is 2. The van der Waals surface area contributed by atoms with Crippen molar-refractivity contribution in [3.63, 3.8) is 0 Å². The lowest BCUT2D eigenvalue weighted by atomic mass is 10.0. The molecule has 2 N–H and O–H groups in total. The zero-order valence-corrected chi connectivity index (χ0v) is 17.8. The highest BCUT2D eigenvalue weighted by Gasteiger charge is 2.25. The van der Waals surface area contributed by atoms with Crippen LogP contribution in [0.15, 0.2) is 41.5 Å². The van der Waals surface area contributed by atoms with Crippen molar-refractivity contribution in [1.82, 2.24) is 10.7 Å². The Bertz CT molecular complexity index is 989. The predicted octanol–water partition coefficient (Wildman–Crippen LogP) is 2.34. The number of rotatable bonds is 8. The van der Waals surface area contributed by atoms with E-state index in [0.29, 0.717) is 34.1 Å². The van der Waals surface area contributed by atoms with Crippen LogP contribution in [0.4, 0.5) is 0 Å². The Morgan fingerprint density at radius 3 is 2.55 bits per heavy atom. The molecule has 2 aromatic rings. The van der Waals surface area contributed by atoms with E-state index in [1.807, 2.05) is 13.8 Å². The quantitative estimate of drug-likeness (QED) is 0.495. The van der Waals surface area contributed by atoms with Crippen molar-refractivity contribution >= 4 is 18.0 Å². The van der Waals surface area contributed by atoms with Crippen LogP contribution in [0.3, 0.4) is 0 Å². The van der Waals surface area contributed by atoms with Crippen LogP contribution in [0.1, 0.15) is 29.8 Å². The molecule has 9 nitrogen and oxygen atoms in total. The molecule has 1 heterocycles. The summed E-state index contributed by atoms with van der Waals surface area (Å²) in [4.78, 5) is 25.3. The molecule has 1 unspecified atom stereocenters. The Morgan fingerprint density at radius 1 is 1.06 bits per heavy atom. The number of methoxy groups -OCH3 is 2. The van der Waals surface area contributed by atoms with E-state index in [1.54, 1.807) is 43.5 Å². The largest absolute Gasteiger partial charge is 0.497 e. The minimum Gasteiger partial charge on any atom is -0.497 e. The van der Waals surface area contributed by atoms with Gasteiger partial charge in [-0.05, 0) is 42.3 Å². The Morgan fingerprint density at radius 2 is 1.84 bits per heavy atom. The molecule has 9 heteroatoms. The summed E-state index contributed by atoms with van der Waals surface area (Å²) < 4.78 is 21.0. The molecule has 164 valence electrons. The third-order valence-corrected chi connectivity index (χ3v) is 4.69. The van der Waals surface area contributed by atoms with E-state index >= 15 is 0 Å². The number of carbonyl (C=O) groups is 2. The Balaban J connectivity index is 1.67. The van der Waals surface area contributed by atoms with Crippen LogP contribution in [-0.4, -0.2) is 45.1 Å². The fourth-order valence-electron chi connectivity index (χ4n) is 2.97. The number of hydrogen-bond acceptors (Lipinski definition) is 7. The Hall–Kier alpha value is -3.75. The number of hydrazone groups is 1. The van der Waals surface area contributed by atoms with Gasteiger partial charge in [0.25, 0.3) is 11.8 Å². The van der Waals surface area contributed by atoms with Crippen molar-refractivity contribution in [3.05, 3.63) is 47.5 Å². The maximum absolute atomic E-state index is 12.7. The first kappa shape index (κ1) is 21.9. The summed E-state index contributed by atoms with van der Waals surface area (Å²) in [6.07, 6.45) is 1.45. The zero-order chi connectivity index (χ0) is 22.4. The highest BCUT2D eigenvalue weighted by Crippen LogP contribution is 2.32. The molecule has 0 saturated heterocycles. The second-order valence-electron chi connectivity index (χ2n) is 7.11. The van der Waals surface area contributed by atoms with Gasteiger partial charge in [-0.15, -0.1) is 0 Å². The molecule has 3 rings (SSSR count). The summed E-state index contributed by atoms with van der Waals surface area (Å²) in [6, 6.07) is 9.30. The first-order valence-corrected chi connectivity index (χ1v) is 9.68. The monoisotopic (exact) mass is 427 g/mol. The first-order valence-electron chi connectivity index (χ1n) is 9.68. The lowest BCUT2D eigenvalue weighted by Crippen LogP contribution is -2.48.